The van der Waals surface area contributed by atoms with Crippen molar-refractivity contribution in [2.75, 3.05) is 0 Å². The summed E-state index contributed by atoms with van der Waals surface area (Å²) in [4.78, 5) is 17.4. The number of nitrogens with zero attached hydrogens (tertiary/aromatic N) is 1. The number of aliphatic imine (C=N–C) groups is 1. The van der Waals surface area contributed by atoms with Crippen molar-refractivity contribution in [3.8, 4) is 11.5 Å². The molecule has 1 unspecified atom stereocenters. The summed E-state index contributed by atoms with van der Waals surface area (Å²) in [5, 5.41) is 10.7. The molecule has 0 radical (unpaired) electrons. The first kappa shape index (κ1) is 20.5. The second-order valence-electron chi connectivity index (χ2n) is 7.49. The van der Waals surface area contributed by atoms with E-state index < -0.39 is 5.82 Å². The normalized spacial score (nSPS) is 17.0. The SMILES string of the molecule is CC(=Nc1ccccc1Oc1cccc(F)c1)C1=C(O)CC(c2ccccc2)CC1=O. The third kappa shape index (κ3) is 4.72. The summed E-state index contributed by atoms with van der Waals surface area (Å²) in [6.45, 7) is 1.70. The number of para-hydroxylation sites is 2. The van der Waals surface area contributed by atoms with E-state index in [4.69, 9.17) is 4.74 Å². The van der Waals surface area contributed by atoms with Crippen molar-refractivity contribution in [2.45, 2.75) is 25.7 Å². The predicted molar refractivity (Wildman–Crippen MR) is 119 cm³/mol. The van der Waals surface area contributed by atoms with E-state index in [1.807, 2.05) is 30.3 Å². The lowest BCUT2D eigenvalue weighted by Crippen LogP contribution is -2.22. The number of allylic oxidation sites excluding steroid dienone is 2. The molecule has 0 aliphatic heterocycles. The number of ketones is 1. The van der Waals surface area contributed by atoms with Gasteiger partial charge in [0.1, 0.15) is 23.0 Å². The van der Waals surface area contributed by atoms with Gasteiger partial charge in [0.15, 0.2) is 11.5 Å². The van der Waals surface area contributed by atoms with Crippen LogP contribution < -0.4 is 4.74 Å². The lowest BCUT2D eigenvalue weighted by molar-refractivity contribution is -0.116. The zero-order valence-electron chi connectivity index (χ0n) is 17.1. The van der Waals surface area contributed by atoms with Crippen LogP contribution in [0.3, 0.4) is 0 Å². The van der Waals surface area contributed by atoms with E-state index in [1.165, 1.54) is 12.1 Å². The van der Waals surface area contributed by atoms with Crippen molar-refractivity contribution in [1.82, 2.24) is 0 Å². The average Bonchev–Trinajstić information content (AvgIpc) is 2.75. The Bertz CT molecular complexity index is 1170. The maximum Gasteiger partial charge on any atom is 0.168 e. The first-order valence-corrected chi connectivity index (χ1v) is 10.1. The van der Waals surface area contributed by atoms with Gasteiger partial charge in [-0.1, -0.05) is 48.5 Å². The van der Waals surface area contributed by atoms with Gasteiger partial charge < -0.3 is 9.84 Å². The van der Waals surface area contributed by atoms with Crippen LogP contribution >= 0.6 is 0 Å². The highest BCUT2D eigenvalue weighted by atomic mass is 19.1. The van der Waals surface area contributed by atoms with Crippen LogP contribution in [0, 0.1) is 5.82 Å². The van der Waals surface area contributed by atoms with Crippen LogP contribution in [0.2, 0.25) is 0 Å². The van der Waals surface area contributed by atoms with Gasteiger partial charge in [0.2, 0.25) is 0 Å². The van der Waals surface area contributed by atoms with E-state index in [-0.39, 0.29) is 23.0 Å². The summed E-state index contributed by atoms with van der Waals surface area (Å²) < 4.78 is 19.3. The van der Waals surface area contributed by atoms with Gasteiger partial charge >= 0.3 is 0 Å². The monoisotopic (exact) mass is 415 g/mol. The molecule has 1 atom stereocenters. The number of ether oxygens (including phenoxy) is 1. The summed E-state index contributed by atoms with van der Waals surface area (Å²) >= 11 is 0. The molecule has 1 aliphatic rings. The molecule has 0 spiro atoms. The molecule has 0 aromatic heterocycles. The number of rotatable bonds is 5. The summed E-state index contributed by atoms with van der Waals surface area (Å²) in [6.07, 6.45) is 0.705. The van der Waals surface area contributed by atoms with Crippen LogP contribution in [0.15, 0.2) is 95.2 Å². The average molecular weight is 415 g/mol. The zero-order chi connectivity index (χ0) is 21.8. The summed E-state index contributed by atoms with van der Waals surface area (Å²) in [5.41, 5.74) is 2.20. The number of hydrogen-bond acceptors (Lipinski definition) is 4. The number of aliphatic hydroxyl groups excluding tert-OH is 1. The molecule has 0 amide bonds. The van der Waals surface area contributed by atoms with E-state index in [2.05, 4.69) is 4.99 Å². The Balaban J connectivity index is 1.62. The fourth-order valence-corrected chi connectivity index (χ4v) is 3.80. The molecule has 0 heterocycles. The Labute approximate surface area is 180 Å². The van der Waals surface area contributed by atoms with Crippen LogP contribution in [0.25, 0.3) is 0 Å². The van der Waals surface area contributed by atoms with Crippen molar-refractivity contribution in [3.05, 3.63) is 102 Å². The van der Waals surface area contributed by atoms with Gasteiger partial charge in [-0.2, -0.15) is 0 Å². The molecule has 3 aromatic carbocycles. The van der Waals surface area contributed by atoms with E-state index >= 15 is 0 Å². The minimum atomic E-state index is -0.398. The van der Waals surface area contributed by atoms with Crippen LogP contribution in [0.1, 0.15) is 31.2 Å². The van der Waals surface area contributed by atoms with E-state index in [9.17, 15) is 14.3 Å². The van der Waals surface area contributed by atoms with Crippen molar-refractivity contribution in [3.63, 3.8) is 0 Å². The number of carbonyl (C=O) groups is 1. The number of hydrogen-bond donors (Lipinski definition) is 1. The highest BCUT2D eigenvalue weighted by Gasteiger charge is 2.30. The maximum absolute atomic E-state index is 13.5. The van der Waals surface area contributed by atoms with Gasteiger partial charge in [0, 0.05) is 18.9 Å². The van der Waals surface area contributed by atoms with Crippen LogP contribution in [-0.2, 0) is 4.79 Å². The minimum Gasteiger partial charge on any atom is -0.511 e. The molecule has 0 bridgehead atoms. The number of carbonyl (C=O) groups excluding carboxylic acids is 1. The lowest BCUT2D eigenvalue weighted by Gasteiger charge is -2.23. The first-order chi connectivity index (χ1) is 15.0. The molecule has 0 saturated heterocycles. The molecule has 4 rings (SSSR count). The van der Waals surface area contributed by atoms with Crippen LogP contribution in [-0.4, -0.2) is 16.6 Å². The molecule has 31 heavy (non-hydrogen) atoms. The second-order valence-corrected chi connectivity index (χ2v) is 7.49. The number of Topliss-reactive ketones (excluding diaryl/α,β-unsaturated/α-hetero) is 1. The van der Waals surface area contributed by atoms with Gasteiger partial charge in [-0.05, 0) is 42.7 Å². The lowest BCUT2D eigenvalue weighted by atomic mass is 9.81. The summed E-state index contributed by atoms with van der Waals surface area (Å²) in [6, 6.07) is 22.6. The highest BCUT2D eigenvalue weighted by Crippen LogP contribution is 2.36. The second kappa shape index (κ2) is 8.96. The third-order valence-corrected chi connectivity index (χ3v) is 5.25. The molecular formula is C26H22FNO3. The van der Waals surface area contributed by atoms with Crippen molar-refractivity contribution >= 4 is 17.2 Å². The maximum atomic E-state index is 13.5. The molecule has 1 N–H and O–H groups in total. The van der Waals surface area contributed by atoms with E-state index in [1.54, 1.807) is 43.3 Å². The number of halogens is 1. The zero-order valence-corrected chi connectivity index (χ0v) is 17.1. The summed E-state index contributed by atoms with van der Waals surface area (Å²) in [7, 11) is 0. The van der Waals surface area contributed by atoms with Crippen molar-refractivity contribution in [2.24, 2.45) is 4.99 Å². The van der Waals surface area contributed by atoms with Crippen molar-refractivity contribution in [1.29, 1.82) is 0 Å². The summed E-state index contributed by atoms with van der Waals surface area (Å²) in [5.74, 6) is 0.247. The standard InChI is InChI=1S/C26H22FNO3/c1-17(26-23(29)14-19(15-24(26)30)18-8-3-2-4-9-18)28-22-12-5-6-13-25(22)31-21-11-7-10-20(27)16-21/h2-13,16,19,29H,14-15H2,1H3. The van der Waals surface area contributed by atoms with E-state index in [0.717, 1.165) is 5.56 Å². The number of aliphatic hydroxyl groups is 1. The van der Waals surface area contributed by atoms with Crippen LogP contribution in [0.5, 0.6) is 11.5 Å². The van der Waals surface area contributed by atoms with Gasteiger partial charge in [-0.3, -0.25) is 4.79 Å². The minimum absolute atomic E-state index is 0.0474. The largest absolute Gasteiger partial charge is 0.511 e. The van der Waals surface area contributed by atoms with Gasteiger partial charge in [-0.15, -0.1) is 0 Å². The Hall–Kier alpha value is -3.73. The quantitative estimate of drug-likeness (QED) is 0.474. The topological polar surface area (TPSA) is 58.9 Å². The van der Waals surface area contributed by atoms with Gasteiger partial charge in [0.25, 0.3) is 0 Å². The Morgan fingerprint density at radius 2 is 1.74 bits per heavy atom. The fraction of sp³-hybridized carbons (Fsp3) is 0.154. The first-order valence-electron chi connectivity index (χ1n) is 10.1. The number of benzene rings is 3. The molecule has 3 aromatic rings. The Kier molecular flexibility index (Phi) is 5.94. The molecule has 4 nitrogen and oxygen atoms in total. The highest BCUT2D eigenvalue weighted by molar-refractivity contribution is 6.23. The third-order valence-electron chi connectivity index (χ3n) is 5.25. The van der Waals surface area contributed by atoms with Gasteiger partial charge in [-0.25, -0.2) is 9.38 Å². The predicted octanol–water partition coefficient (Wildman–Crippen LogP) is 6.67. The van der Waals surface area contributed by atoms with Gasteiger partial charge in [0.05, 0.1) is 11.3 Å². The molecular weight excluding hydrogens is 393 g/mol. The molecule has 0 fully saturated rings. The smallest absolute Gasteiger partial charge is 0.168 e. The van der Waals surface area contributed by atoms with E-state index in [0.29, 0.717) is 35.7 Å². The van der Waals surface area contributed by atoms with Crippen molar-refractivity contribution < 1.29 is 19.0 Å². The molecule has 1 aliphatic carbocycles. The molecule has 5 heteroatoms. The fourth-order valence-electron chi connectivity index (χ4n) is 3.80. The Morgan fingerprint density at radius 3 is 2.48 bits per heavy atom. The van der Waals surface area contributed by atoms with Crippen LogP contribution in [0.4, 0.5) is 10.1 Å². The Morgan fingerprint density at radius 1 is 1.00 bits per heavy atom. The molecule has 156 valence electrons. The molecule has 0 saturated carbocycles.